The molecule has 1 rings (SSSR count). The summed E-state index contributed by atoms with van der Waals surface area (Å²) in [7, 11) is 0. The van der Waals surface area contributed by atoms with Gasteiger partial charge in [0.15, 0.2) is 0 Å². The maximum atomic E-state index is 10.6. The van der Waals surface area contributed by atoms with E-state index in [9.17, 15) is 14.7 Å². The minimum absolute atomic E-state index is 0.120. The average molecular weight is 287 g/mol. The van der Waals surface area contributed by atoms with Crippen molar-refractivity contribution in [2.75, 3.05) is 0 Å². The zero-order valence-electron chi connectivity index (χ0n) is 7.85. The maximum absolute atomic E-state index is 10.6. The summed E-state index contributed by atoms with van der Waals surface area (Å²) >= 11 is 3.04. The third-order valence-electron chi connectivity index (χ3n) is 1.78. The van der Waals surface area contributed by atoms with Crippen LogP contribution in [0.15, 0.2) is 28.2 Å². The second-order valence-electron chi connectivity index (χ2n) is 2.85. The number of phenols is 1. The Balaban J connectivity index is 3.29. The van der Waals surface area contributed by atoms with Crippen molar-refractivity contribution in [3.63, 3.8) is 0 Å². The van der Waals surface area contributed by atoms with Crippen molar-refractivity contribution >= 4 is 33.9 Å². The van der Waals surface area contributed by atoms with Crippen LogP contribution in [0, 0.1) is 0 Å². The number of hydrogen-bond donors (Lipinski definition) is 3. The van der Waals surface area contributed by atoms with E-state index in [4.69, 9.17) is 10.2 Å². The highest BCUT2D eigenvalue weighted by molar-refractivity contribution is 9.10. The molecular weight excluding hydrogens is 280 g/mol. The van der Waals surface area contributed by atoms with E-state index in [1.54, 1.807) is 12.1 Å². The van der Waals surface area contributed by atoms with Gasteiger partial charge in [-0.3, -0.25) is 0 Å². The van der Waals surface area contributed by atoms with Gasteiger partial charge in [0.05, 0.1) is 4.47 Å². The van der Waals surface area contributed by atoms with Crippen molar-refractivity contribution < 1.29 is 24.9 Å². The summed E-state index contributed by atoms with van der Waals surface area (Å²) in [6.07, 6.45) is 0.894. The third kappa shape index (κ3) is 2.60. The van der Waals surface area contributed by atoms with Gasteiger partial charge >= 0.3 is 11.9 Å². The molecule has 1 aromatic rings. The van der Waals surface area contributed by atoms with Gasteiger partial charge in [-0.25, -0.2) is 9.59 Å². The van der Waals surface area contributed by atoms with Crippen molar-refractivity contribution in [3.8, 4) is 5.75 Å². The molecule has 5 nitrogen and oxygen atoms in total. The van der Waals surface area contributed by atoms with Gasteiger partial charge in [-0.05, 0) is 28.1 Å². The zero-order chi connectivity index (χ0) is 12.3. The fraction of sp³-hybridized carbons (Fsp3) is 0. The van der Waals surface area contributed by atoms with E-state index in [0.29, 0.717) is 4.47 Å². The zero-order valence-corrected chi connectivity index (χ0v) is 9.43. The van der Waals surface area contributed by atoms with Gasteiger partial charge in [-0.2, -0.15) is 0 Å². The van der Waals surface area contributed by atoms with Gasteiger partial charge in [-0.1, -0.05) is 12.1 Å². The Morgan fingerprint density at radius 3 is 2.25 bits per heavy atom. The van der Waals surface area contributed by atoms with Gasteiger partial charge in [0.2, 0.25) is 0 Å². The largest absolute Gasteiger partial charge is 0.506 e. The summed E-state index contributed by atoms with van der Waals surface area (Å²) in [6.45, 7) is 0. The molecule has 0 saturated carbocycles. The van der Waals surface area contributed by atoms with E-state index in [2.05, 4.69) is 15.9 Å². The molecule has 0 atom stereocenters. The molecule has 0 aliphatic carbocycles. The van der Waals surface area contributed by atoms with E-state index in [0.717, 1.165) is 6.08 Å². The lowest BCUT2D eigenvalue weighted by atomic mass is 10.1. The summed E-state index contributed by atoms with van der Waals surface area (Å²) in [5.74, 6) is -3.33. The lowest BCUT2D eigenvalue weighted by Crippen LogP contribution is -2.10. The second-order valence-corrected chi connectivity index (χ2v) is 3.70. The molecule has 0 heterocycles. The lowest BCUT2D eigenvalue weighted by molar-refractivity contribution is -0.139. The van der Waals surface area contributed by atoms with E-state index in [1.165, 1.54) is 6.07 Å². The molecule has 0 aliphatic heterocycles. The molecule has 1 aromatic carbocycles. The molecule has 0 aromatic heterocycles. The minimum atomic E-state index is -1.56. The molecule has 0 unspecified atom stereocenters. The quantitative estimate of drug-likeness (QED) is 0.447. The molecule has 3 N–H and O–H groups in total. The molecule has 16 heavy (non-hydrogen) atoms. The first-order valence-corrected chi connectivity index (χ1v) is 4.88. The van der Waals surface area contributed by atoms with Crippen LogP contribution in [-0.2, 0) is 9.59 Å². The number of carbonyl (C=O) groups is 2. The predicted molar refractivity (Wildman–Crippen MR) is 59.1 cm³/mol. The van der Waals surface area contributed by atoms with Crippen LogP contribution in [0.5, 0.6) is 5.75 Å². The van der Waals surface area contributed by atoms with Gasteiger partial charge in [-0.15, -0.1) is 0 Å². The number of aromatic hydroxyl groups is 1. The number of benzene rings is 1. The molecule has 0 amide bonds. The molecule has 0 saturated heterocycles. The van der Waals surface area contributed by atoms with Gasteiger partial charge < -0.3 is 15.3 Å². The number of aliphatic carboxylic acids is 2. The summed E-state index contributed by atoms with van der Waals surface area (Å²) in [5, 5.41) is 26.8. The summed E-state index contributed by atoms with van der Waals surface area (Å²) in [5.41, 5.74) is -0.692. The number of rotatable bonds is 3. The molecule has 0 radical (unpaired) electrons. The number of phenolic OH excluding ortho intramolecular Hbond substituents is 1. The molecule has 84 valence electrons. The van der Waals surface area contributed by atoms with Crippen molar-refractivity contribution in [2.45, 2.75) is 0 Å². The normalized spacial score (nSPS) is 9.56. The molecule has 0 spiro atoms. The van der Waals surface area contributed by atoms with Crippen LogP contribution in [0.1, 0.15) is 5.56 Å². The van der Waals surface area contributed by atoms with Crippen molar-refractivity contribution in [1.82, 2.24) is 0 Å². The number of carboxylic acids is 2. The van der Waals surface area contributed by atoms with Crippen molar-refractivity contribution in [3.05, 3.63) is 33.8 Å². The molecule has 0 bridgehead atoms. The smallest absolute Gasteiger partial charge is 0.343 e. The SMILES string of the molecule is O=C(O)C(=Cc1cccc(Br)c1O)C(=O)O. The Bertz CT molecular complexity index is 462. The standard InChI is InChI=1S/C10H7BrO5/c11-7-3-1-2-5(8(7)12)4-6(9(13)14)10(15)16/h1-4,12H,(H,13,14)(H,15,16). The lowest BCUT2D eigenvalue weighted by Gasteiger charge is -2.02. The van der Waals surface area contributed by atoms with Crippen LogP contribution >= 0.6 is 15.9 Å². The van der Waals surface area contributed by atoms with Crippen molar-refractivity contribution in [1.29, 1.82) is 0 Å². The highest BCUT2D eigenvalue weighted by Crippen LogP contribution is 2.29. The van der Waals surface area contributed by atoms with Crippen LogP contribution in [-0.4, -0.2) is 27.3 Å². The Labute approximate surface area is 98.8 Å². The fourth-order valence-electron chi connectivity index (χ4n) is 1.02. The minimum Gasteiger partial charge on any atom is -0.506 e. The van der Waals surface area contributed by atoms with Crippen LogP contribution in [0.2, 0.25) is 0 Å². The second kappa shape index (κ2) is 4.80. The van der Waals surface area contributed by atoms with Gasteiger partial charge in [0.1, 0.15) is 11.3 Å². The van der Waals surface area contributed by atoms with Gasteiger partial charge in [0.25, 0.3) is 0 Å². The Morgan fingerprint density at radius 2 is 1.75 bits per heavy atom. The number of hydrogen-bond acceptors (Lipinski definition) is 3. The number of para-hydroxylation sites is 1. The predicted octanol–water partition coefficient (Wildman–Crippen LogP) is 1.71. The number of carboxylic acid groups (broad SMARTS) is 2. The first-order chi connectivity index (χ1) is 7.43. The molecule has 0 aliphatic rings. The first-order valence-electron chi connectivity index (χ1n) is 4.09. The molecule has 0 fully saturated rings. The Kier molecular flexibility index (Phi) is 3.68. The highest BCUT2D eigenvalue weighted by Gasteiger charge is 2.17. The topological polar surface area (TPSA) is 94.8 Å². The summed E-state index contributed by atoms with van der Waals surface area (Å²) < 4.78 is 0.358. The van der Waals surface area contributed by atoms with Crippen LogP contribution < -0.4 is 0 Å². The van der Waals surface area contributed by atoms with Crippen LogP contribution in [0.4, 0.5) is 0 Å². The van der Waals surface area contributed by atoms with Gasteiger partial charge in [0, 0.05) is 5.56 Å². The van der Waals surface area contributed by atoms with E-state index in [1.807, 2.05) is 0 Å². The van der Waals surface area contributed by atoms with E-state index >= 15 is 0 Å². The Hall–Kier alpha value is -1.82. The van der Waals surface area contributed by atoms with Crippen molar-refractivity contribution in [2.24, 2.45) is 0 Å². The Morgan fingerprint density at radius 1 is 1.19 bits per heavy atom. The van der Waals surface area contributed by atoms with E-state index in [-0.39, 0.29) is 11.3 Å². The third-order valence-corrected chi connectivity index (χ3v) is 2.42. The summed E-state index contributed by atoms with van der Waals surface area (Å²) in [6, 6.07) is 4.51. The van der Waals surface area contributed by atoms with E-state index < -0.39 is 17.5 Å². The average Bonchev–Trinajstić information content (AvgIpc) is 2.19. The highest BCUT2D eigenvalue weighted by atomic mass is 79.9. The van der Waals surface area contributed by atoms with Crippen LogP contribution in [0.25, 0.3) is 6.08 Å². The molecular formula is C10H7BrO5. The fourth-order valence-corrected chi connectivity index (χ4v) is 1.40. The maximum Gasteiger partial charge on any atom is 0.343 e. The monoisotopic (exact) mass is 286 g/mol. The number of halogens is 1. The molecule has 6 heteroatoms. The van der Waals surface area contributed by atoms with Crippen LogP contribution in [0.3, 0.4) is 0 Å². The first kappa shape index (κ1) is 12.3. The summed E-state index contributed by atoms with van der Waals surface area (Å²) in [4.78, 5) is 21.2.